The van der Waals surface area contributed by atoms with Gasteiger partial charge < -0.3 is 19.5 Å². The lowest BCUT2D eigenvalue weighted by atomic mass is 10.1. The van der Waals surface area contributed by atoms with Crippen LogP contribution in [0.25, 0.3) is 0 Å². The standard InChI is InChI=1S/C19H18ClNO5/c1-24-19(23)14-11-13(4-5-15(14)20)21-18(22)7-3-12-2-6-16-17(10-12)26-9-8-25-16/h2,4-6,10-11H,3,7-9H2,1H3,(H,21,22). The molecule has 0 unspecified atom stereocenters. The molecule has 0 saturated heterocycles. The van der Waals surface area contributed by atoms with E-state index in [0.717, 1.165) is 11.3 Å². The van der Waals surface area contributed by atoms with Crippen molar-refractivity contribution in [3.05, 3.63) is 52.5 Å². The molecule has 3 rings (SSSR count). The van der Waals surface area contributed by atoms with Crippen LogP contribution in [0.1, 0.15) is 22.3 Å². The Morgan fingerprint density at radius 3 is 2.65 bits per heavy atom. The van der Waals surface area contributed by atoms with E-state index in [-0.39, 0.29) is 22.9 Å². The van der Waals surface area contributed by atoms with Crippen molar-refractivity contribution in [2.45, 2.75) is 12.8 Å². The number of rotatable bonds is 5. The van der Waals surface area contributed by atoms with Gasteiger partial charge in [-0.25, -0.2) is 4.79 Å². The van der Waals surface area contributed by atoms with Crippen molar-refractivity contribution < 1.29 is 23.8 Å². The predicted octanol–water partition coefficient (Wildman–Crippen LogP) is 3.47. The first-order chi connectivity index (χ1) is 12.6. The predicted molar refractivity (Wildman–Crippen MR) is 97.2 cm³/mol. The Kier molecular flexibility index (Phi) is 5.63. The Morgan fingerprint density at radius 1 is 1.12 bits per heavy atom. The molecular weight excluding hydrogens is 358 g/mol. The molecule has 0 fully saturated rings. The quantitative estimate of drug-likeness (QED) is 0.810. The van der Waals surface area contributed by atoms with Gasteiger partial charge >= 0.3 is 5.97 Å². The molecule has 26 heavy (non-hydrogen) atoms. The summed E-state index contributed by atoms with van der Waals surface area (Å²) in [4.78, 5) is 23.9. The molecule has 6 nitrogen and oxygen atoms in total. The molecule has 7 heteroatoms. The Bertz CT molecular complexity index is 837. The maximum Gasteiger partial charge on any atom is 0.339 e. The number of methoxy groups -OCH3 is 1. The largest absolute Gasteiger partial charge is 0.486 e. The van der Waals surface area contributed by atoms with E-state index in [1.807, 2.05) is 18.2 Å². The molecule has 2 aromatic rings. The summed E-state index contributed by atoms with van der Waals surface area (Å²) in [7, 11) is 1.28. The van der Waals surface area contributed by atoms with Crippen molar-refractivity contribution in [3.63, 3.8) is 0 Å². The number of anilines is 1. The van der Waals surface area contributed by atoms with Crippen LogP contribution < -0.4 is 14.8 Å². The maximum atomic E-state index is 12.2. The molecule has 0 saturated carbocycles. The summed E-state index contributed by atoms with van der Waals surface area (Å²) in [5, 5.41) is 3.03. The number of ether oxygens (including phenoxy) is 3. The summed E-state index contributed by atoms with van der Waals surface area (Å²) in [5.41, 5.74) is 1.68. The van der Waals surface area contributed by atoms with Crippen molar-refractivity contribution in [2.24, 2.45) is 0 Å². The van der Waals surface area contributed by atoms with Crippen LogP contribution in [0.5, 0.6) is 11.5 Å². The molecule has 136 valence electrons. The number of hydrogen-bond donors (Lipinski definition) is 1. The van der Waals surface area contributed by atoms with Crippen LogP contribution in [0.15, 0.2) is 36.4 Å². The average molecular weight is 376 g/mol. The minimum Gasteiger partial charge on any atom is -0.486 e. The molecule has 0 bridgehead atoms. The molecule has 1 amide bonds. The van der Waals surface area contributed by atoms with Crippen molar-refractivity contribution in [1.29, 1.82) is 0 Å². The summed E-state index contributed by atoms with van der Waals surface area (Å²) in [6, 6.07) is 10.3. The second-order valence-corrected chi connectivity index (χ2v) is 6.12. The minimum atomic E-state index is -0.553. The fourth-order valence-electron chi connectivity index (χ4n) is 2.59. The van der Waals surface area contributed by atoms with Crippen LogP contribution in [0.2, 0.25) is 5.02 Å². The normalized spacial score (nSPS) is 12.4. The number of aryl methyl sites for hydroxylation is 1. The van der Waals surface area contributed by atoms with Gasteiger partial charge in [0.1, 0.15) is 13.2 Å². The Balaban J connectivity index is 1.60. The smallest absolute Gasteiger partial charge is 0.339 e. The molecule has 0 aliphatic carbocycles. The SMILES string of the molecule is COC(=O)c1cc(NC(=O)CCc2ccc3c(c2)OCCO3)ccc1Cl. The van der Waals surface area contributed by atoms with Crippen molar-refractivity contribution in [1.82, 2.24) is 0 Å². The summed E-state index contributed by atoms with van der Waals surface area (Å²) >= 11 is 5.97. The Morgan fingerprint density at radius 2 is 1.88 bits per heavy atom. The first-order valence-corrected chi connectivity index (χ1v) is 8.51. The number of nitrogens with one attached hydrogen (secondary N) is 1. The number of benzene rings is 2. The molecule has 0 aromatic heterocycles. The van der Waals surface area contributed by atoms with Gasteiger partial charge in [-0.1, -0.05) is 17.7 Å². The fourth-order valence-corrected chi connectivity index (χ4v) is 2.79. The van der Waals surface area contributed by atoms with Crippen LogP contribution in [0.3, 0.4) is 0 Å². The lowest BCUT2D eigenvalue weighted by molar-refractivity contribution is -0.116. The average Bonchev–Trinajstić information content (AvgIpc) is 2.67. The zero-order valence-electron chi connectivity index (χ0n) is 14.2. The van der Waals surface area contributed by atoms with Crippen LogP contribution in [0.4, 0.5) is 5.69 Å². The zero-order chi connectivity index (χ0) is 18.5. The summed E-state index contributed by atoms with van der Waals surface area (Å²) in [6.07, 6.45) is 0.843. The van der Waals surface area contributed by atoms with Crippen molar-refractivity contribution >= 4 is 29.2 Å². The first kappa shape index (κ1) is 18.1. The summed E-state index contributed by atoms with van der Waals surface area (Å²) < 4.78 is 15.7. The van der Waals surface area contributed by atoms with Gasteiger partial charge in [0, 0.05) is 12.1 Å². The number of carbonyl (C=O) groups is 2. The molecule has 2 aromatic carbocycles. The Labute approximate surface area is 156 Å². The van der Waals surface area contributed by atoms with Crippen LogP contribution in [0, 0.1) is 0 Å². The second-order valence-electron chi connectivity index (χ2n) is 5.71. The number of fused-ring (bicyclic) bond motifs is 1. The highest BCUT2D eigenvalue weighted by atomic mass is 35.5. The van der Waals surface area contributed by atoms with Crippen LogP contribution in [-0.2, 0) is 16.0 Å². The van der Waals surface area contributed by atoms with Crippen LogP contribution in [-0.4, -0.2) is 32.2 Å². The molecule has 1 heterocycles. The van der Waals surface area contributed by atoms with E-state index in [1.165, 1.54) is 13.2 Å². The van der Waals surface area contributed by atoms with Gasteiger partial charge in [-0.2, -0.15) is 0 Å². The summed E-state index contributed by atoms with van der Waals surface area (Å²) in [6.45, 7) is 1.07. The van der Waals surface area contributed by atoms with E-state index in [1.54, 1.807) is 12.1 Å². The molecule has 1 N–H and O–H groups in total. The number of esters is 1. The third kappa shape index (κ3) is 4.26. The van der Waals surface area contributed by atoms with Gasteiger partial charge in [-0.3, -0.25) is 4.79 Å². The highest BCUT2D eigenvalue weighted by Crippen LogP contribution is 2.31. The highest BCUT2D eigenvalue weighted by molar-refractivity contribution is 6.33. The van der Waals surface area contributed by atoms with Crippen molar-refractivity contribution in [3.8, 4) is 11.5 Å². The molecular formula is C19H18ClNO5. The van der Waals surface area contributed by atoms with Gasteiger partial charge in [0.2, 0.25) is 5.91 Å². The number of carbonyl (C=O) groups excluding carboxylic acids is 2. The summed E-state index contributed by atoms with van der Waals surface area (Å²) in [5.74, 6) is 0.705. The van der Waals surface area contributed by atoms with Crippen LogP contribution >= 0.6 is 11.6 Å². The number of halogens is 1. The van der Waals surface area contributed by atoms with E-state index in [4.69, 9.17) is 21.1 Å². The monoisotopic (exact) mass is 375 g/mol. The van der Waals surface area contributed by atoms with Gasteiger partial charge in [0.05, 0.1) is 17.7 Å². The van der Waals surface area contributed by atoms with Gasteiger partial charge in [-0.15, -0.1) is 0 Å². The third-order valence-corrected chi connectivity index (χ3v) is 4.23. The molecule has 1 aliphatic rings. The molecule has 1 aliphatic heterocycles. The van der Waals surface area contributed by atoms with Gasteiger partial charge in [-0.05, 0) is 42.3 Å². The van der Waals surface area contributed by atoms with E-state index in [9.17, 15) is 9.59 Å². The lowest BCUT2D eigenvalue weighted by Crippen LogP contribution is -2.16. The van der Waals surface area contributed by atoms with Crippen molar-refractivity contribution in [2.75, 3.05) is 25.6 Å². The van der Waals surface area contributed by atoms with E-state index >= 15 is 0 Å². The second kappa shape index (κ2) is 8.10. The maximum absolute atomic E-state index is 12.2. The van der Waals surface area contributed by atoms with E-state index in [2.05, 4.69) is 10.1 Å². The van der Waals surface area contributed by atoms with Gasteiger partial charge in [0.15, 0.2) is 11.5 Å². The minimum absolute atomic E-state index is 0.168. The van der Waals surface area contributed by atoms with E-state index < -0.39 is 5.97 Å². The third-order valence-electron chi connectivity index (χ3n) is 3.90. The highest BCUT2D eigenvalue weighted by Gasteiger charge is 2.14. The fraction of sp³-hybridized carbons (Fsp3) is 0.263. The topological polar surface area (TPSA) is 73.9 Å². The molecule has 0 spiro atoms. The molecule has 0 radical (unpaired) electrons. The number of hydrogen-bond acceptors (Lipinski definition) is 5. The lowest BCUT2D eigenvalue weighted by Gasteiger charge is -2.18. The van der Waals surface area contributed by atoms with Gasteiger partial charge in [0.25, 0.3) is 0 Å². The Hall–Kier alpha value is -2.73. The first-order valence-electron chi connectivity index (χ1n) is 8.13. The van der Waals surface area contributed by atoms with E-state index in [0.29, 0.717) is 31.1 Å². The molecule has 0 atom stereocenters. The number of amides is 1. The zero-order valence-corrected chi connectivity index (χ0v) is 15.0.